The zero-order valence-electron chi connectivity index (χ0n) is 9.03. The van der Waals surface area contributed by atoms with Crippen molar-refractivity contribution in [2.45, 2.75) is 13.0 Å². The highest BCUT2D eigenvalue weighted by Gasteiger charge is 2.18. The van der Waals surface area contributed by atoms with Crippen LogP contribution in [0, 0.1) is 3.57 Å². The summed E-state index contributed by atoms with van der Waals surface area (Å²) in [6.07, 6.45) is 1.58. The van der Waals surface area contributed by atoms with Crippen LogP contribution >= 0.6 is 22.6 Å². The lowest BCUT2D eigenvalue weighted by Gasteiger charge is -2.13. The number of nitrogens with zero attached hydrogens (tertiary/aromatic N) is 1. The Kier molecular flexibility index (Phi) is 4.94. The van der Waals surface area contributed by atoms with Gasteiger partial charge in [-0.15, -0.1) is 0 Å². The molecule has 1 aromatic heterocycles. The first-order valence-corrected chi connectivity index (χ1v) is 5.78. The first-order chi connectivity index (χ1) is 7.60. The molecule has 5 nitrogen and oxygen atoms in total. The summed E-state index contributed by atoms with van der Waals surface area (Å²) in [5.41, 5.74) is 0.394. The number of nitrogens with one attached hydrogen (secondary N) is 1. The molecule has 0 fully saturated rings. The van der Waals surface area contributed by atoms with Gasteiger partial charge in [0.25, 0.3) is 5.91 Å². The van der Waals surface area contributed by atoms with E-state index in [1.807, 2.05) is 22.6 Å². The Morgan fingerprint density at radius 1 is 1.75 bits per heavy atom. The van der Waals surface area contributed by atoms with Crippen LogP contribution in [-0.4, -0.2) is 35.8 Å². The molecule has 0 saturated heterocycles. The number of carbonyl (C=O) groups excluding carboxylic acids is 1. The summed E-state index contributed by atoms with van der Waals surface area (Å²) in [5, 5.41) is 11.5. The molecule has 1 atom stereocenters. The second kappa shape index (κ2) is 6.00. The molecule has 1 amide bonds. The lowest BCUT2D eigenvalue weighted by molar-refractivity contribution is 0.0917. The van der Waals surface area contributed by atoms with Crippen LogP contribution in [0.2, 0.25) is 0 Å². The number of amides is 1. The van der Waals surface area contributed by atoms with Crippen molar-refractivity contribution in [2.24, 2.45) is 0 Å². The fraction of sp³-hybridized carbons (Fsp3) is 0.400. The number of methoxy groups -OCH3 is 1. The third-order valence-corrected chi connectivity index (χ3v) is 2.84. The van der Waals surface area contributed by atoms with Crippen molar-refractivity contribution < 1.29 is 14.6 Å². The molecule has 16 heavy (non-hydrogen) atoms. The highest BCUT2D eigenvalue weighted by atomic mass is 127. The summed E-state index contributed by atoms with van der Waals surface area (Å²) < 4.78 is 5.78. The van der Waals surface area contributed by atoms with Gasteiger partial charge >= 0.3 is 0 Å². The third kappa shape index (κ3) is 3.05. The molecule has 0 saturated carbocycles. The molecule has 0 aliphatic rings. The Bertz CT molecular complexity index is 384. The fourth-order valence-electron chi connectivity index (χ4n) is 1.12. The standard InChI is InChI=1S/C10H13IN2O3/c1-6(5-14)13-9(15)8-7(11)3-4-12-10(8)16-2/h3-4,6,14H,5H2,1-2H3,(H,13,15)/t6-/m1/s1. The van der Waals surface area contributed by atoms with E-state index in [0.29, 0.717) is 5.56 Å². The average molecular weight is 336 g/mol. The highest BCUT2D eigenvalue weighted by molar-refractivity contribution is 14.1. The van der Waals surface area contributed by atoms with E-state index in [1.165, 1.54) is 7.11 Å². The number of aliphatic hydroxyl groups excluding tert-OH is 1. The van der Waals surface area contributed by atoms with Gasteiger partial charge in [0.1, 0.15) is 5.56 Å². The quantitative estimate of drug-likeness (QED) is 0.798. The van der Waals surface area contributed by atoms with E-state index < -0.39 is 0 Å². The molecule has 0 aliphatic heterocycles. The maximum absolute atomic E-state index is 11.9. The summed E-state index contributed by atoms with van der Waals surface area (Å²) in [6, 6.07) is 1.43. The Morgan fingerprint density at radius 2 is 2.44 bits per heavy atom. The predicted molar refractivity (Wildman–Crippen MR) is 67.5 cm³/mol. The van der Waals surface area contributed by atoms with Crippen LogP contribution in [-0.2, 0) is 0 Å². The van der Waals surface area contributed by atoms with Gasteiger partial charge in [0, 0.05) is 15.8 Å². The second-order valence-electron chi connectivity index (χ2n) is 3.23. The maximum Gasteiger partial charge on any atom is 0.258 e. The summed E-state index contributed by atoms with van der Waals surface area (Å²) in [5.74, 6) is -0.00885. The minimum atomic E-state index is -0.298. The normalized spacial score (nSPS) is 12.0. The molecule has 1 heterocycles. The molecule has 0 radical (unpaired) electrons. The SMILES string of the molecule is COc1nccc(I)c1C(=O)N[C@H](C)CO. The van der Waals surface area contributed by atoms with Crippen molar-refractivity contribution in [1.82, 2.24) is 10.3 Å². The van der Waals surface area contributed by atoms with Crippen LogP contribution in [0.3, 0.4) is 0 Å². The molecule has 88 valence electrons. The van der Waals surface area contributed by atoms with Gasteiger partial charge in [-0.05, 0) is 35.6 Å². The lowest BCUT2D eigenvalue weighted by atomic mass is 10.2. The number of aliphatic hydroxyl groups is 1. The molecule has 0 unspecified atom stereocenters. The number of ether oxygens (including phenoxy) is 1. The minimum Gasteiger partial charge on any atom is -0.480 e. The van der Waals surface area contributed by atoms with Crippen LogP contribution in [0.4, 0.5) is 0 Å². The van der Waals surface area contributed by atoms with Crippen molar-refractivity contribution in [3.63, 3.8) is 0 Å². The summed E-state index contributed by atoms with van der Waals surface area (Å²) in [6.45, 7) is 1.61. The van der Waals surface area contributed by atoms with Crippen molar-refractivity contribution in [3.8, 4) is 5.88 Å². The molecule has 1 aromatic rings. The average Bonchev–Trinajstić information content (AvgIpc) is 2.28. The Balaban J connectivity index is 2.98. The van der Waals surface area contributed by atoms with Gasteiger partial charge in [0.05, 0.1) is 13.7 Å². The number of halogens is 1. The molecule has 0 aliphatic carbocycles. The first kappa shape index (κ1) is 13.2. The largest absolute Gasteiger partial charge is 0.480 e. The summed E-state index contributed by atoms with van der Waals surface area (Å²) >= 11 is 2.04. The minimum absolute atomic E-state index is 0.106. The molecular weight excluding hydrogens is 323 g/mol. The van der Waals surface area contributed by atoms with Crippen LogP contribution in [0.1, 0.15) is 17.3 Å². The van der Waals surface area contributed by atoms with Gasteiger partial charge in [0.2, 0.25) is 5.88 Å². The van der Waals surface area contributed by atoms with Gasteiger partial charge in [-0.25, -0.2) is 4.98 Å². The Morgan fingerprint density at radius 3 is 3.00 bits per heavy atom. The number of pyridine rings is 1. The zero-order valence-corrected chi connectivity index (χ0v) is 11.2. The number of aromatic nitrogens is 1. The van der Waals surface area contributed by atoms with Crippen LogP contribution in [0.15, 0.2) is 12.3 Å². The Hall–Kier alpha value is -0.890. The smallest absolute Gasteiger partial charge is 0.258 e. The monoisotopic (exact) mass is 336 g/mol. The van der Waals surface area contributed by atoms with Crippen molar-refractivity contribution in [2.75, 3.05) is 13.7 Å². The molecule has 0 bridgehead atoms. The molecule has 6 heteroatoms. The van der Waals surface area contributed by atoms with E-state index in [4.69, 9.17) is 9.84 Å². The van der Waals surface area contributed by atoms with E-state index >= 15 is 0 Å². The fourth-order valence-corrected chi connectivity index (χ4v) is 1.76. The van der Waals surface area contributed by atoms with Gasteiger partial charge in [-0.1, -0.05) is 0 Å². The topological polar surface area (TPSA) is 71.5 Å². The third-order valence-electron chi connectivity index (χ3n) is 1.94. The molecule has 0 aromatic carbocycles. The van der Waals surface area contributed by atoms with Gasteiger partial charge < -0.3 is 15.2 Å². The first-order valence-electron chi connectivity index (χ1n) is 4.70. The van der Waals surface area contributed by atoms with Crippen molar-refractivity contribution >= 4 is 28.5 Å². The molecule has 2 N–H and O–H groups in total. The molecule has 1 rings (SSSR count). The number of rotatable bonds is 4. The van der Waals surface area contributed by atoms with Gasteiger partial charge in [-0.2, -0.15) is 0 Å². The van der Waals surface area contributed by atoms with Crippen molar-refractivity contribution in [1.29, 1.82) is 0 Å². The van der Waals surface area contributed by atoms with E-state index in [2.05, 4.69) is 10.3 Å². The lowest BCUT2D eigenvalue weighted by Crippen LogP contribution is -2.35. The van der Waals surface area contributed by atoms with E-state index in [-0.39, 0.29) is 24.4 Å². The molecular formula is C10H13IN2O3. The number of hydrogen-bond donors (Lipinski definition) is 2. The van der Waals surface area contributed by atoms with Crippen molar-refractivity contribution in [3.05, 3.63) is 21.4 Å². The zero-order chi connectivity index (χ0) is 12.1. The summed E-state index contributed by atoms with van der Waals surface area (Å²) in [7, 11) is 1.46. The molecule has 0 spiro atoms. The van der Waals surface area contributed by atoms with Gasteiger partial charge in [0.15, 0.2) is 0 Å². The van der Waals surface area contributed by atoms with E-state index in [9.17, 15) is 4.79 Å². The van der Waals surface area contributed by atoms with Gasteiger partial charge in [-0.3, -0.25) is 4.79 Å². The highest BCUT2D eigenvalue weighted by Crippen LogP contribution is 2.20. The maximum atomic E-state index is 11.9. The number of hydrogen-bond acceptors (Lipinski definition) is 4. The summed E-state index contributed by atoms with van der Waals surface area (Å²) in [4.78, 5) is 15.8. The number of carbonyl (C=O) groups is 1. The van der Waals surface area contributed by atoms with Crippen LogP contribution in [0.25, 0.3) is 0 Å². The Labute approximate surface area is 107 Å². The predicted octanol–water partition coefficient (Wildman–Crippen LogP) is 0.805. The second-order valence-corrected chi connectivity index (χ2v) is 4.40. The van der Waals surface area contributed by atoms with Crippen LogP contribution < -0.4 is 10.1 Å². The van der Waals surface area contributed by atoms with E-state index in [1.54, 1.807) is 19.2 Å². The van der Waals surface area contributed by atoms with Crippen LogP contribution in [0.5, 0.6) is 5.88 Å². The van der Waals surface area contributed by atoms with E-state index in [0.717, 1.165) is 3.57 Å².